The van der Waals surface area contributed by atoms with Gasteiger partial charge in [0.15, 0.2) is 68.1 Å². The molecular formula is C96H108F15O20S7+. The first kappa shape index (κ1) is 111. The summed E-state index contributed by atoms with van der Waals surface area (Å²) in [6.07, 6.45) is 9.23. The molecule has 7 aromatic carbocycles. The van der Waals surface area contributed by atoms with Crippen molar-refractivity contribution in [3.8, 4) is 0 Å². The Morgan fingerprint density at radius 1 is 0.406 bits per heavy atom. The summed E-state index contributed by atoms with van der Waals surface area (Å²) in [4.78, 5) is 56.9. The van der Waals surface area contributed by atoms with Crippen molar-refractivity contribution in [2.24, 2.45) is 74.9 Å². The van der Waals surface area contributed by atoms with Crippen LogP contribution in [0.4, 0.5) is 65.9 Å². The molecule has 1 atom stereocenters. The van der Waals surface area contributed by atoms with Crippen LogP contribution in [0.2, 0.25) is 0 Å². The van der Waals surface area contributed by atoms with Crippen molar-refractivity contribution in [3.63, 3.8) is 0 Å². The maximum atomic E-state index is 13.2. The number of aryl methyl sites for hydroxylation is 1. The van der Waals surface area contributed by atoms with Gasteiger partial charge in [-0.1, -0.05) is 160 Å². The molecule has 138 heavy (non-hydrogen) atoms. The van der Waals surface area contributed by atoms with E-state index in [-0.39, 0.29) is 55.4 Å². The lowest BCUT2D eigenvalue weighted by atomic mass is 9.49. The van der Waals surface area contributed by atoms with Gasteiger partial charge in [-0.25, -0.2) is 21.6 Å². The van der Waals surface area contributed by atoms with Gasteiger partial charge in [-0.05, 0) is 249 Å². The number of Topliss-reactive ketones (excluding diaryl/α,β-unsaturated/α-hetero) is 1. The number of carbonyl (C=O) groups excluding carboxylic acids is 4. The number of alkyl halides is 15. The lowest BCUT2D eigenvalue weighted by Crippen LogP contribution is -2.63. The van der Waals surface area contributed by atoms with Gasteiger partial charge < -0.3 is 28.1 Å². The van der Waals surface area contributed by atoms with E-state index in [1.54, 1.807) is 0 Å². The van der Waals surface area contributed by atoms with Gasteiger partial charge in [-0.3, -0.25) is 23.5 Å². The van der Waals surface area contributed by atoms with Crippen LogP contribution in [-0.2, 0) is 106 Å². The fraction of sp³-hybridized carbons (Fsp3) is 0.521. The first-order valence-corrected chi connectivity index (χ1v) is 54.2. The molecule has 0 aromatic heterocycles. The van der Waals surface area contributed by atoms with E-state index in [9.17, 15) is 128 Å². The molecule has 13 aliphatic rings. The summed E-state index contributed by atoms with van der Waals surface area (Å²) in [5.41, 5.74) is 0.320. The van der Waals surface area contributed by atoms with Crippen molar-refractivity contribution in [3.05, 3.63) is 217 Å². The summed E-state index contributed by atoms with van der Waals surface area (Å²) >= 11 is 0. The summed E-state index contributed by atoms with van der Waals surface area (Å²) in [5.74, 6) is -11.8. The van der Waals surface area contributed by atoms with Gasteiger partial charge >= 0.3 is 77.2 Å². The molecule has 12 bridgehead atoms. The number of benzene rings is 7. The monoisotopic (exact) mass is 2090 g/mol. The summed E-state index contributed by atoms with van der Waals surface area (Å²) in [6, 6.07) is 72.3. The molecule has 0 spiro atoms. The second-order valence-corrected chi connectivity index (χ2v) is 50.7. The van der Waals surface area contributed by atoms with Crippen LogP contribution in [0, 0.1) is 81.8 Å². The molecule has 42 heteroatoms. The van der Waals surface area contributed by atoms with Crippen molar-refractivity contribution in [1.82, 2.24) is 0 Å². The molecule has 1 aliphatic heterocycles. The zero-order valence-corrected chi connectivity index (χ0v) is 81.1. The molecule has 0 radical (unpaired) electrons. The number of carbonyl (C=O) groups is 4. The number of ketones is 1. The van der Waals surface area contributed by atoms with Crippen LogP contribution >= 0.6 is 0 Å². The summed E-state index contributed by atoms with van der Waals surface area (Å²) in [6.45, 7) is 6.74. The molecule has 13 fully saturated rings. The fourth-order valence-electron chi connectivity index (χ4n) is 21.7. The zero-order chi connectivity index (χ0) is 101. The molecule has 758 valence electrons. The summed E-state index contributed by atoms with van der Waals surface area (Å²) in [7, 11) is -24.5. The quantitative estimate of drug-likeness (QED) is 0.0142. The number of ether oxygens (including phenoxy) is 4. The van der Waals surface area contributed by atoms with E-state index in [1.165, 1.54) is 34.9 Å². The molecule has 1 unspecified atom stereocenters. The van der Waals surface area contributed by atoms with Crippen LogP contribution in [0.25, 0.3) is 0 Å². The van der Waals surface area contributed by atoms with Crippen LogP contribution in [-0.4, -0.2) is 164 Å². The van der Waals surface area contributed by atoms with Crippen LogP contribution in [0.5, 0.6) is 0 Å². The Balaban J connectivity index is 0.000000155. The zero-order valence-electron chi connectivity index (χ0n) is 75.4. The van der Waals surface area contributed by atoms with Gasteiger partial charge in [0.05, 0.1) is 52.4 Å². The first-order chi connectivity index (χ1) is 64.1. The van der Waals surface area contributed by atoms with Crippen molar-refractivity contribution >= 4 is 96.8 Å². The van der Waals surface area contributed by atoms with Crippen molar-refractivity contribution in [1.29, 1.82) is 0 Å². The van der Waals surface area contributed by atoms with Gasteiger partial charge in [0, 0.05) is 27.3 Å². The highest BCUT2D eigenvalue weighted by Gasteiger charge is 2.84. The third-order valence-electron chi connectivity index (χ3n) is 26.6. The number of esters is 3. The Morgan fingerprint density at radius 3 is 0.942 bits per heavy atom. The van der Waals surface area contributed by atoms with E-state index in [0.29, 0.717) is 97.6 Å². The number of hydrogen-bond acceptors (Lipinski definition) is 18. The third-order valence-corrected chi connectivity index (χ3v) is 37.5. The average molecular weight is 2090 g/mol. The Bertz CT molecular complexity index is 5250. The Labute approximate surface area is 801 Å². The van der Waals surface area contributed by atoms with Crippen LogP contribution in [0.3, 0.4) is 0 Å². The maximum absolute atomic E-state index is 13.2. The van der Waals surface area contributed by atoms with Gasteiger partial charge in [0.25, 0.3) is 0 Å². The molecule has 12 saturated carbocycles. The molecule has 12 aliphatic carbocycles. The normalized spacial score (nSPS) is 25.2. The predicted molar refractivity (Wildman–Crippen MR) is 483 cm³/mol. The number of hydrogen-bond donors (Lipinski definition) is 2. The molecule has 1 saturated heterocycles. The smallest absolute Gasteiger partial charge is 0.465 e. The highest BCUT2D eigenvalue weighted by molar-refractivity contribution is 7.98. The minimum absolute atomic E-state index is 0.00240. The van der Waals surface area contributed by atoms with E-state index in [2.05, 4.69) is 224 Å². The minimum atomic E-state index is -7.43. The van der Waals surface area contributed by atoms with Crippen molar-refractivity contribution in [2.75, 3.05) is 44.5 Å². The molecule has 0 amide bonds. The lowest BCUT2D eigenvalue weighted by Gasteiger charge is -2.56. The van der Waals surface area contributed by atoms with E-state index in [4.69, 9.17) is 13.8 Å². The van der Waals surface area contributed by atoms with Gasteiger partial charge in [-0.15, -0.1) is 0 Å². The average Bonchev–Trinajstić information content (AvgIpc) is 0.729. The highest BCUT2D eigenvalue weighted by Crippen LogP contribution is 2.64. The fourth-order valence-corrected chi connectivity index (χ4v) is 29.8. The number of halogens is 15. The highest BCUT2D eigenvalue weighted by atomic mass is 32.2. The topological polar surface area (TPSA) is 328 Å². The van der Waals surface area contributed by atoms with E-state index in [1.807, 2.05) is 24.3 Å². The molecule has 20 nitrogen and oxygen atoms in total. The van der Waals surface area contributed by atoms with E-state index < -0.39 is 121 Å². The Kier molecular flexibility index (Phi) is 35.1. The SMILES string of the molecule is Cc1ccc(C(=O)C([S+]2CCOCC2)C(C)(C)C)cc1.O=C(OCC(F)(F)S(=O)(=O)O)C12CC3CC(CC(C3)C1)C2.O=C(OCC(F)(F)S(=O)(=O)[O-])C12CC3CC(CC(C3)C1)C2.O=C(OCC12CC3CC(CC(C3)C1)C2)C(F)(F)S(=O)(=O)O.O=S(=O)([O-])C(F)(F)C(F)(F)C(F)(F)C(F)(F)F.c1ccc([S+](c2ccccc2)c2ccccc2)cc1.c1ccc([S+](c2ccccc2)c2ccccc2)cc1. The minimum Gasteiger partial charge on any atom is -0.743 e. The van der Waals surface area contributed by atoms with Crippen molar-refractivity contribution < 1.29 is 156 Å². The van der Waals surface area contributed by atoms with Gasteiger partial charge in [-0.2, -0.15) is 82.7 Å². The lowest BCUT2D eigenvalue weighted by molar-refractivity contribution is -0.382. The standard InChI is InChI=1S/2C18H15S.C17H25O2S.3C13H18F2O5S.C4HF9O3S/c2*1-4-10-16(11-5-1)19(17-12-6-2-7-13-17)18-14-8-3-9-15-18;1-13-5-7-14(8-6-13)15(18)16(17(2,3)4)20-11-9-19-10-12-20;2*14-13(15,21(17,18)19)7-20-11(16)12-4-8-1-9(5-12)3-10(2-8)6-12;14-13(15,21(17,18)19)11(16)20-7-12-4-8-1-9(5-12)3-10(2-8)6-12;5-1(6,3(9,10)11)2(7,8)4(12,13)17(14,15)16/h2*1-15H;5-8,16H,9-12H2,1-4H3;3*8-10H,1-7H2,(H,17,18,19);(H,14,15,16)/q3*+1;;;;/p-2. The van der Waals surface area contributed by atoms with Crippen LogP contribution < -0.4 is 0 Å². The Morgan fingerprint density at radius 2 is 0.688 bits per heavy atom. The largest absolute Gasteiger partial charge is 0.743 e. The summed E-state index contributed by atoms with van der Waals surface area (Å²) < 4.78 is 324. The van der Waals surface area contributed by atoms with Crippen molar-refractivity contribution in [2.45, 2.75) is 217 Å². The van der Waals surface area contributed by atoms with Crippen LogP contribution in [0.15, 0.2) is 236 Å². The molecule has 2 N–H and O–H groups in total. The molecule has 20 rings (SSSR count). The van der Waals surface area contributed by atoms with Gasteiger partial charge in [0.2, 0.25) is 5.78 Å². The molecular weight excluding hydrogens is 1980 g/mol. The maximum Gasteiger partial charge on any atom is 0.465 e. The molecule has 7 aromatic rings. The second kappa shape index (κ2) is 43.8. The molecule has 1 heterocycles. The van der Waals surface area contributed by atoms with E-state index in [0.717, 1.165) is 107 Å². The Hall–Kier alpha value is -7.78. The van der Waals surface area contributed by atoms with Gasteiger partial charge in [0.1, 0.15) is 11.5 Å². The second-order valence-electron chi connectivity index (χ2n) is 38.4. The number of rotatable bonds is 24. The third kappa shape index (κ3) is 26.4. The van der Waals surface area contributed by atoms with E-state index >= 15 is 0 Å². The predicted octanol–water partition coefficient (Wildman–Crippen LogP) is 21.1. The summed E-state index contributed by atoms with van der Waals surface area (Å²) in [5, 5.41) is -20.9. The first-order valence-electron chi connectivity index (χ1n) is 44.5. The van der Waals surface area contributed by atoms with Crippen LogP contribution in [0.1, 0.15) is 152 Å².